The van der Waals surface area contributed by atoms with Crippen LogP contribution in [0, 0.1) is 6.92 Å². The summed E-state index contributed by atoms with van der Waals surface area (Å²) in [5.74, 6) is 0. The van der Waals surface area contributed by atoms with Crippen LogP contribution in [0.25, 0.3) is 0 Å². The second-order valence-electron chi connectivity index (χ2n) is 5.41. The smallest absolute Gasteiger partial charge is 0.151 e. The minimum atomic E-state index is -0.151. The number of nitrogens with zero attached hydrogens (tertiary/aromatic N) is 2. The van der Waals surface area contributed by atoms with Gasteiger partial charge in [0.15, 0.2) is 5.66 Å². The summed E-state index contributed by atoms with van der Waals surface area (Å²) in [6.45, 7) is 6.59. The van der Waals surface area contributed by atoms with E-state index in [0.29, 0.717) is 0 Å². The molecule has 0 unspecified atom stereocenters. The average molecular weight is 244 g/mol. The third kappa shape index (κ3) is 2.80. The van der Waals surface area contributed by atoms with Crippen molar-refractivity contribution in [1.82, 2.24) is 0 Å². The molecular formula is C16H24N2. The Hall–Kier alpha value is -1.18. The fourth-order valence-corrected chi connectivity index (χ4v) is 2.56. The molecule has 0 radical (unpaired) electrons. The van der Waals surface area contributed by atoms with Crippen LogP contribution in [0.1, 0.15) is 57.9 Å². The van der Waals surface area contributed by atoms with Gasteiger partial charge in [-0.05, 0) is 50.3 Å². The SMILES string of the molecule is CCCCC1(CCCC)N=c2ccc(C)cc2=N1. The summed E-state index contributed by atoms with van der Waals surface area (Å²) in [4.78, 5) is 9.88. The highest BCUT2D eigenvalue weighted by Crippen LogP contribution is 2.28. The van der Waals surface area contributed by atoms with Crippen LogP contribution in [0.2, 0.25) is 0 Å². The van der Waals surface area contributed by atoms with Crippen LogP contribution in [0.3, 0.4) is 0 Å². The van der Waals surface area contributed by atoms with Crippen molar-refractivity contribution in [2.24, 2.45) is 9.98 Å². The van der Waals surface area contributed by atoms with Gasteiger partial charge in [-0.15, -0.1) is 0 Å². The molecule has 0 aliphatic carbocycles. The van der Waals surface area contributed by atoms with Crippen molar-refractivity contribution < 1.29 is 0 Å². The zero-order valence-electron chi connectivity index (χ0n) is 11.9. The summed E-state index contributed by atoms with van der Waals surface area (Å²) in [7, 11) is 0. The van der Waals surface area contributed by atoms with Crippen LogP contribution in [0.4, 0.5) is 0 Å². The minimum absolute atomic E-state index is 0.151. The highest BCUT2D eigenvalue weighted by atomic mass is 15.1. The molecule has 1 aromatic rings. The van der Waals surface area contributed by atoms with Crippen molar-refractivity contribution in [3.63, 3.8) is 0 Å². The zero-order chi connectivity index (χ0) is 13.0. The van der Waals surface area contributed by atoms with E-state index in [-0.39, 0.29) is 5.66 Å². The molecule has 2 rings (SSSR count). The van der Waals surface area contributed by atoms with Gasteiger partial charge in [0, 0.05) is 0 Å². The number of fused-ring (bicyclic) bond motifs is 1. The molecule has 0 N–H and O–H groups in total. The van der Waals surface area contributed by atoms with Crippen molar-refractivity contribution in [3.05, 3.63) is 34.5 Å². The molecule has 2 heteroatoms. The standard InChI is InChI=1S/C16H24N2/c1-4-6-10-16(11-7-5-2)17-14-9-8-13(3)12-15(14)18-16/h8-9,12H,4-7,10-11H2,1-3H3. The molecule has 1 aliphatic heterocycles. The summed E-state index contributed by atoms with van der Waals surface area (Å²) in [6, 6.07) is 6.42. The Morgan fingerprint density at radius 1 is 0.944 bits per heavy atom. The summed E-state index contributed by atoms with van der Waals surface area (Å²) in [6.07, 6.45) is 7.05. The summed E-state index contributed by atoms with van der Waals surface area (Å²) in [5.41, 5.74) is 1.12. The molecule has 0 spiro atoms. The molecule has 18 heavy (non-hydrogen) atoms. The second-order valence-corrected chi connectivity index (χ2v) is 5.41. The molecule has 0 aromatic heterocycles. The lowest BCUT2D eigenvalue weighted by molar-refractivity contribution is 0.359. The molecule has 1 aliphatic rings. The van der Waals surface area contributed by atoms with Crippen molar-refractivity contribution >= 4 is 0 Å². The van der Waals surface area contributed by atoms with E-state index >= 15 is 0 Å². The van der Waals surface area contributed by atoms with Crippen molar-refractivity contribution in [1.29, 1.82) is 0 Å². The predicted octanol–water partition coefficient (Wildman–Crippen LogP) is 3.32. The number of aryl methyl sites for hydroxylation is 1. The van der Waals surface area contributed by atoms with Crippen LogP contribution in [-0.2, 0) is 0 Å². The van der Waals surface area contributed by atoms with Gasteiger partial charge in [-0.25, -0.2) is 0 Å². The number of hydrogen-bond acceptors (Lipinski definition) is 2. The van der Waals surface area contributed by atoms with Gasteiger partial charge in [-0.2, -0.15) is 0 Å². The first-order valence-electron chi connectivity index (χ1n) is 7.25. The van der Waals surface area contributed by atoms with Gasteiger partial charge in [0.2, 0.25) is 0 Å². The minimum Gasteiger partial charge on any atom is -0.253 e. The number of unbranched alkanes of at least 4 members (excludes halogenated alkanes) is 2. The Balaban J connectivity index is 2.33. The largest absolute Gasteiger partial charge is 0.253 e. The first-order chi connectivity index (χ1) is 8.69. The van der Waals surface area contributed by atoms with Gasteiger partial charge in [-0.1, -0.05) is 32.8 Å². The quantitative estimate of drug-likeness (QED) is 0.733. The van der Waals surface area contributed by atoms with E-state index in [0.717, 1.165) is 23.6 Å². The molecule has 0 fully saturated rings. The monoisotopic (exact) mass is 244 g/mol. The van der Waals surface area contributed by atoms with Crippen LogP contribution in [0.5, 0.6) is 0 Å². The second kappa shape index (κ2) is 5.64. The van der Waals surface area contributed by atoms with E-state index in [2.05, 4.69) is 39.0 Å². The number of rotatable bonds is 6. The predicted molar refractivity (Wildman–Crippen MR) is 75.3 cm³/mol. The maximum absolute atomic E-state index is 4.95. The van der Waals surface area contributed by atoms with E-state index in [1.54, 1.807) is 0 Å². The lowest BCUT2D eigenvalue weighted by atomic mass is 9.97. The maximum Gasteiger partial charge on any atom is 0.151 e. The van der Waals surface area contributed by atoms with E-state index in [1.807, 2.05) is 0 Å². The molecule has 0 saturated heterocycles. The molecule has 0 atom stereocenters. The maximum atomic E-state index is 4.95. The van der Waals surface area contributed by atoms with E-state index in [4.69, 9.17) is 9.98 Å². The van der Waals surface area contributed by atoms with Gasteiger partial charge >= 0.3 is 0 Å². The van der Waals surface area contributed by atoms with Crippen molar-refractivity contribution in [2.75, 3.05) is 0 Å². The molecule has 0 amide bonds. The highest BCUT2D eigenvalue weighted by Gasteiger charge is 2.29. The van der Waals surface area contributed by atoms with Crippen molar-refractivity contribution in [3.8, 4) is 0 Å². The first-order valence-corrected chi connectivity index (χ1v) is 7.25. The number of hydrogen-bond donors (Lipinski definition) is 0. The lowest BCUT2D eigenvalue weighted by Crippen LogP contribution is -2.23. The van der Waals surface area contributed by atoms with Crippen molar-refractivity contribution in [2.45, 2.75) is 65.0 Å². The fourth-order valence-electron chi connectivity index (χ4n) is 2.56. The first kappa shape index (κ1) is 13.3. The average Bonchev–Trinajstić information content (AvgIpc) is 2.72. The summed E-state index contributed by atoms with van der Waals surface area (Å²) < 4.78 is 0. The molecule has 0 bridgehead atoms. The molecule has 1 aromatic carbocycles. The van der Waals surface area contributed by atoms with E-state index < -0.39 is 0 Å². The summed E-state index contributed by atoms with van der Waals surface area (Å²) >= 11 is 0. The molecule has 1 heterocycles. The molecular weight excluding hydrogens is 220 g/mol. The fraction of sp³-hybridized carbons (Fsp3) is 0.625. The van der Waals surface area contributed by atoms with Gasteiger partial charge < -0.3 is 0 Å². The third-order valence-corrected chi connectivity index (χ3v) is 3.65. The number of benzene rings is 1. The van der Waals surface area contributed by atoms with Gasteiger partial charge in [0.05, 0.1) is 10.7 Å². The van der Waals surface area contributed by atoms with E-state index in [1.165, 1.54) is 31.2 Å². The van der Waals surface area contributed by atoms with Gasteiger partial charge in [-0.3, -0.25) is 9.98 Å². The van der Waals surface area contributed by atoms with Crippen LogP contribution >= 0.6 is 0 Å². The normalized spacial score (nSPS) is 15.9. The lowest BCUT2D eigenvalue weighted by Gasteiger charge is -2.22. The molecule has 0 saturated carbocycles. The van der Waals surface area contributed by atoms with Crippen LogP contribution < -0.4 is 10.7 Å². The Morgan fingerprint density at radius 3 is 2.17 bits per heavy atom. The van der Waals surface area contributed by atoms with E-state index in [9.17, 15) is 0 Å². The highest BCUT2D eigenvalue weighted by molar-refractivity contribution is 5.15. The molecule has 98 valence electrons. The van der Waals surface area contributed by atoms with Crippen LogP contribution in [0.15, 0.2) is 28.2 Å². The Bertz CT molecular complexity index is 508. The topological polar surface area (TPSA) is 24.7 Å². The Labute approximate surface area is 110 Å². The van der Waals surface area contributed by atoms with Gasteiger partial charge in [0.1, 0.15) is 0 Å². The molecule has 2 nitrogen and oxygen atoms in total. The summed E-state index contributed by atoms with van der Waals surface area (Å²) in [5, 5.41) is 2.19. The third-order valence-electron chi connectivity index (χ3n) is 3.65. The van der Waals surface area contributed by atoms with Crippen LogP contribution in [-0.4, -0.2) is 5.66 Å². The Kier molecular flexibility index (Phi) is 4.15. The van der Waals surface area contributed by atoms with Gasteiger partial charge in [0.25, 0.3) is 0 Å². The zero-order valence-corrected chi connectivity index (χ0v) is 11.9. The Morgan fingerprint density at radius 2 is 1.56 bits per heavy atom.